The second-order valence-electron chi connectivity index (χ2n) is 5.44. The topological polar surface area (TPSA) is 66.4 Å². The zero-order valence-corrected chi connectivity index (χ0v) is 14.5. The molecule has 0 bridgehead atoms. The molecule has 0 saturated heterocycles. The molecule has 1 rings (SSSR count). The average molecular weight is 316 g/mol. The van der Waals surface area contributed by atoms with Crippen LogP contribution in [0.3, 0.4) is 0 Å². The van der Waals surface area contributed by atoms with Crippen molar-refractivity contribution in [3.63, 3.8) is 0 Å². The van der Waals surface area contributed by atoms with Gasteiger partial charge in [0.2, 0.25) is 10.0 Å². The van der Waals surface area contributed by atoms with Gasteiger partial charge in [-0.15, -0.1) is 0 Å². The third-order valence-corrected chi connectivity index (χ3v) is 5.28. The van der Waals surface area contributed by atoms with Crippen LogP contribution in [0.1, 0.15) is 26.0 Å². The van der Waals surface area contributed by atoms with Crippen molar-refractivity contribution < 1.29 is 8.42 Å². The molecule has 0 fully saturated rings. The minimum absolute atomic E-state index is 0.321. The molecular formula is C14H28N4O2S. The number of aromatic nitrogens is 1. The lowest BCUT2D eigenvalue weighted by molar-refractivity contribution is 0.256. The monoisotopic (exact) mass is 316 g/mol. The van der Waals surface area contributed by atoms with E-state index in [1.807, 2.05) is 25.7 Å². The second-order valence-corrected chi connectivity index (χ2v) is 7.21. The van der Waals surface area contributed by atoms with Crippen molar-refractivity contribution in [3.8, 4) is 0 Å². The van der Waals surface area contributed by atoms with Gasteiger partial charge >= 0.3 is 0 Å². The Kier molecular flexibility index (Phi) is 6.86. The summed E-state index contributed by atoms with van der Waals surface area (Å²) in [6.45, 7) is 6.01. The summed E-state index contributed by atoms with van der Waals surface area (Å²) in [5.74, 6) is 0. The molecule has 0 aliphatic carbocycles. The molecule has 0 saturated carbocycles. The van der Waals surface area contributed by atoms with Gasteiger partial charge in [-0.3, -0.25) is 0 Å². The van der Waals surface area contributed by atoms with Crippen molar-refractivity contribution in [2.45, 2.75) is 37.8 Å². The predicted octanol–water partition coefficient (Wildman–Crippen LogP) is 0.753. The minimum atomic E-state index is -3.43. The van der Waals surface area contributed by atoms with Gasteiger partial charge in [0.1, 0.15) is 0 Å². The van der Waals surface area contributed by atoms with Crippen LogP contribution in [-0.2, 0) is 23.6 Å². The quantitative estimate of drug-likeness (QED) is 0.706. The molecule has 0 amide bonds. The van der Waals surface area contributed by atoms with Crippen LogP contribution in [0.25, 0.3) is 0 Å². The Morgan fingerprint density at radius 2 is 2.10 bits per heavy atom. The van der Waals surface area contributed by atoms with Crippen molar-refractivity contribution in [1.29, 1.82) is 0 Å². The standard InChI is InChI=1S/C14H28N4O2S/c1-6-12(2)17(4)8-7-16-21(19,20)14-9-13(10-15-3)18(5)11-14/h9,11-12,15-16H,6-8,10H2,1-5H3. The van der Waals surface area contributed by atoms with Gasteiger partial charge in [0, 0.05) is 44.6 Å². The molecule has 0 aliphatic heterocycles. The van der Waals surface area contributed by atoms with E-state index >= 15 is 0 Å². The first-order chi connectivity index (χ1) is 9.81. The van der Waals surface area contributed by atoms with Crippen molar-refractivity contribution in [1.82, 2.24) is 19.5 Å². The van der Waals surface area contributed by atoms with Crippen molar-refractivity contribution in [2.75, 3.05) is 27.2 Å². The van der Waals surface area contributed by atoms with E-state index in [1.54, 1.807) is 12.3 Å². The Hall–Kier alpha value is -0.890. The highest BCUT2D eigenvalue weighted by atomic mass is 32.2. The van der Waals surface area contributed by atoms with Gasteiger partial charge in [-0.25, -0.2) is 13.1 Å². The zero-order chi connectivity index (χ0) is 16.0. The van der Waals surface area contributed by atoms with Crippen LogP contribution in [0, 0.1) is 0 Å². The number of likely N-dealkylation sites (N-methyl/N-ethyl adjacent to an activating group) is 1. The first kappa shape index (κ1) is 18.2. The summed E-state index contributed by atoms with van der Waals surface area (Å²) >= 11 is 0. The largest absolute Gasteiger partial charge is 0.352 e. The number of sulfonamides is 1. The third kappa shape index (κ3) is 5.10. The van der Waals surface area contributed by atoms with Crippen LogP contribution >= 0.6 is 0 Å². The van der Waals surface area contributed by atoms with E-state index in [1.165, 1.54) is 0 Å². The Bertz CT molecular complexity index is 539. The molecule has 21 heavy (non-hydrogen) atoms. The van der Waals surface area contributed by atoms with Gasteiger partial charge in [-0.1, -0.05) is 6.92 Å². The molecule has 0 aromatic carbocycles. The molecule has 122 valence electrons. The number of aryl methyl sites for hydroxylation is 1. The SMILES string of the molecule is CCC(C)N(C)CCNS(=O)(=O)c1cc(CNC)n(C)c1. The number of nitrogens with zero attached hydrogens (tertiary/aromatic N) is 2. The van der Waals surface area contributed by atoms with Crippen LogP contribution in [-0.4, -0.2) is 51.1 Å². The molecule has 1 aromatic heterocycles. The lowest BCUT2D eigenvalue weighted by Gasteiger charge is -2.23. The van der Waals surface area contributed by atoms with Crippen LogP contribution in [0.2, 0.25) is 0 Å². The molecule has 7 heteroatoms. The van der Waals surface area contributed by atoms with Crippen LogP contribution in [0.15, 0.2) is 17.2 Å². The number of rotatable bonds is 9. The highest BCUT2D eigenvalue weighted by Crippen LogP contribution is 2.13. The highest BCUT2D eigenvalue weighted by Gasteiger charge is 2.17. The highest BCUT2D eigenvalue weighted by molar-refractivity contribution is 7.89. The Balaban J connectivity index is 2.63. The van der Waals surface area contributed by atoms with E-state index in [0.717, 1.165) is 12.1 Å². The van der Waals surface area contributed by atoms with Gasteiger partial charge in [0.15, 0.2) is 0 Å². The first-order valence-electron chi connectivity index (χ1n) is 7.31. The van der Waals surface area contributed by atoms with Crippen molar-refractivity contribution in [3.05, 3.63) is 18.0 Å². The summed E-state index contributed by atoms with van der Waals surface area (Å²) in [7, 11) is 2.26. The molecule has 1 aromatic rings. The summed E-state index contributed by atoms with van der Waals surface area (Å²) in [5, 5.41) is 3.02. The fourth-order valence-electron chi connectivity index (χ4n) is 2.05. The zero-order valence-electron chi connectivity index (χ0n) is 13.7. The third-order valence-electron chi connectivity index (χ3n) is 3.85. The smallest absolute Gasteiger partial charge is 0.242 e. The van der Waals surface area contributed by atoms with Crippen LogP contribution in [0.4, 0.5) is 0 Å². The Morgan fingerprint density at radius 3 is 2.67 bits per heavy atom. The average Bonchev–Trinajstić information content (AvgIpc) is 2.80. The summed E-state index contributed by atoms with van der Waals surface area (Å²) < 4.78 is 29.0. The summed E-state index contributed by atoms with van der Waals surface area (Å²) in [4.78, 5) is 2.47. The molecule has 1 unspecified atom stereocenters. The number of hydrogen-bond donors (Lipinski definition) is 2. The number of hydrogen-bond acceptors (Lipinski definition) is 4. The van der Waals surface area contributed by atoms with Crippen molar-refractivity contribution in [2.24, 2.45) is 7.05 Å². The van der Waals surface area contributed by atoms with E-state index in [2.05, 4.69) is 28.8 Å². The van der Waals surface area contributed by atoms with E-state index in [-0.39, 0.29) is 0 Å². The second kappa shape index (κ2) is 7.93. The normalized spacial score (nSPS) is 13.8. The lowest BCUT2D eigenvalue weighted by atomic mass is 10.2. The molecule has 0 radical (unpaired) electrons. The maximum absolute atomic E-state index is 12.3. The van der Waals surface area contributed by atoms with Crippen molar-refractivity contribution >= 4 is 10.0 Å². The molecule has 2 N–H and O–H groups in total. The fraction of sp³-hybridized carbons (Fsp3) is 0.714. The molecular weight excluding hydrogens is 288 g/mol. The van der Waals surface area contributed by atoms with Crippen LogP contribution in [0.5, 0.6) is 0 Å². The maximum atomic E-state index is 12.3. The van der Waals surface area contributed by atoms with E-state index in [9.17, 15) is 8.42 Å². The predicted molar refractivity (Wildman–Crippen MR) is 85.7 cm³/mol. The number of nitrogens with one attached hydrogen (secondary N) is 2. The summed E-state index contributed by atoms with van der Waals surface area (Å²) in [6, 6.07) is 2.16. The molecule has 1 heterocycles. The van der Waals surface area contributed by atoms with Gasteiger partial charge < -0.3 is 14.8 Å². The van der Waals surface area contributed by atoms with E-state index in [4.69, 9.17) is 0 Å². The Morgan fingerprint density at radius 1 is 1.43 bits per heavy atom. The maximum Gasteiger partial charge on any atom is 0.242 e. The molecule has 0 spiro atoms. The molecule has 6 nitrogen and oxygen atoms in total. The van der Waals surface area contributed by atoms with E-state index in [0.29, 0.717) is 30.6 Å². The van der Waals surface area contributed by atoms with Gasteiger partial charge in [0.05, 0.1) is 4.90 Å². The van der Waals surface area contributed by atoms with Gasteiger partial charge in [-0.05, 0) is 33.5 Å². The molecule has 0 aliphatic rings. The fourth-order valence-corrected chi connectivity index (χ4v) is 3.17. The first-order valence-corrected chi connectivity index (χ1v) is 8.79. The van der Waals surface area contributed by atoms with Gasteiger partial charge in [0.25, 0.3) is 0 Å². The molecule has 1 atom stereocenters. The Labute approximate surface area is 128 Å². The summed E-state index contributed by atoms with van der Waals surface area (Å²) in [6.07, 6.45) is 2.70. The minimum Gasteiger partial charge on any atom is -0.352 e. The van der Waals surface area contributed by atoms with E-state index < -0.39 is 10.0 Å². The lowest BCUT2D eigenvalue weighted by Crippen LogP contribution is -2.36. The van der Waals surface area contributed by atoms with Gasteiger partial charge in [-0.2, -0.15) is 0 Å². The van der Waals surface area contributed by atoms with Crippen LogP contribution < -0.4 is 10.0 Å². The summed E-state index contributed by atoms with van der Waals surface area (Å²) in [5.41, 5.74) is 0.939.